The third-order valence-corrected chi connectivity index (χ3v) is 3.68. The molecule has 19 heavy (non-hydrogen) atoms. The summed E-state index contributed by atoms with van der Waals surface area (Å²) in [5.74, 6) is 0.119. The maximum absolute atomic E-state index is 12.0. The second kappa shape index (κ2) is 5.19. The summed E-state index contributed by atoms with van der Waals surface area (Å²) in [5.41, 5.74) is 7.96. The van der Waals surface area contributed by atoms with Crippen LogP contribution in [0.2, 0.25) is 0 Å². The molecule has 1 amide bonds. The minimum absolute atomic E-state index is 0.0507. The fraction of sp³-hybridized carbons (Fsp3) is 0.500. The quantitative estimate of drug-likeness (QED) is 0.846. The molecule has 0 bridgehead atoms. The molecule has 2 aliphatic heterocycles. The molecular weight excluding hydrogens is 242 g/mol. The van der Waals surface area contributed by atoms with Crippen molar-refractivity contribution in [3.63, 3.8) is 0 Å². The van der Waals surface area contributed by atoms with Gasteiger partial charge in [-0.1, -0.05) is 12.1 Å². The Balaban J connectivity index is 1.90. The molecule has 5 heteroatoms. The van der Waals surface area contributed by atoms with Crippen molar-refractivity contribution >= 4 is 17.3 Å². The van der Waals surface area contributed by atoms with Gasteiger partial charge in [-0.05, 0) is 12.1 Å². The first-order valence-electron chi connectivity index (χ1n) is 6.73. The molecule has 102 valence electrons. The Bertz CT molecular complexity index is 472. The molecular formula is C14H19N3O2. The maximum atomic E-state index is 12.0. The lowest BCUT2D eigenvalue weighted by molar-refractivity contribution is -0.117. The molecule has 1 unspecified atom stereocenters. The molecule has 1 aromatic carbocycles. The third kappa shape index (κ3) is 2.43. The van der Waals surface area contributed by atoms with Crippen molar-refractivity contribution in [2.24, 2.45) is 5.73 Å². The van der Waals surface area contributed by atoms with Gasteiger partial charge in [-0.15, -0.1) is 0 Å². The fourth-order valence-electron chi connectivity index (χ4n) is 2.73. The fourth-order valence-corrected chi connectivity index (χ4v) is 2.73. The number of rotatable bonds is 2. The zero-order chi connectivity index (χ0) is 13.2. The lowest BCUT2D eigenvalue weighted by atomic mass is 10.2. The van der Waals surface area contributed by atoms with Gasteiger partial charge < -0.3 is 20.3 Å². The topological polar surface area (TPSA) is 58.8 Å². The highest BCUT2D eigenvalue weighted by Crippen LogP contribution is 2.32. The number of carbonyl (C=O) groups excluding carboxylic acids is 1. The van der Waals surface area contributed by atoms with Crippen LogP contribution in [0.25, 0.3) is 0 Å². The summed E-state index contributed by atoms with van der Waals surface area (Å²) in [4.78, 5) is 16.1. The standard InChI is InChI=1S/C14H19N3O2/c15-11-9-14(18)17(10-11)13-4-2-1-3-12(13)16-5-7-19-8-6-16/h1-4,11H,5-10,15H2. The van der Waals surface area contributed by atoms with E-state index in [4.69, 9.17) is 10.5 Å². The number of nitrogens with two attached hydrogens (primary N) is 1. The average molecular weight is 261 g/mol. The van der Waals surface area contributed by atoms with Gasteiger partial charge in [0.15, 0.2) is 0 Å². The second-order valence-electron chi connectivity index (χ2n) is 5.06. The number of hydrogen-bond acceptors (Lipinski definition) is 4. The van der Waals surface area contributed by atoms with E-state index in [-0.39, 0.29) is 11.9 Å². The molecule has 5 nitrogen and oxygen atoms in total. The lowest BCUT2D eigenvalue weighted by Crippen LogP contribution is -2.38. The van der Waals surface area contributed by atoms with Gasteiger partial charge in [0.25, 0.3) is 0 Å². The first-order valence-corrected chi connectivity index (χ1v) is 6.73. The number of ether oxygens (including phenoxy) is 1. The van der Waals surface area contributed by atoms with E-state index >= 15 is 0 Å². The van der Waals surface area contributed by atoms with Crippen molar-refractivity contribution in [1.29, 1.82) is 0 Å². The Labute approximate surface area is 112 Å². The summed E-state index contributed by atoms with van der Waals surface area (Å²) in [7, 11) is 0. The van der Waals surface area contributed by atoms with Crippen LogP contribution in [0.5, 0.6) is 0 Å². The predicted octanol–water partition coefficient (Wildman–Crippen LogP) is 0.587. The first-order chi connectivity index (χ1) is 9.25. The lowest BCUT2D eigenvalue weighted by Gasteiger charge is -2.32. The van der Waals surface area contributed by atoms with E-state index in [9.17, 15) is 4.79 Å². The van der Waals surface area contributed by atoms with E-state index in [2.05, 4.69) is 11.0 Å². The Kier molecular flexibility index (Phi) is 3.40. The molecule has 0 saturated carbocycles. The van der Waals surface area contributed by atoms with Gasteiger partial charge in [0.2, 0.25) is 5.91 Å². The van der Waals surface area contributed by atoms with Crippen LogP contribution in [-0.4, -0.2) is 44.8 Å². The molecule has 1 aromatic rings. The van der Waals surface area contributed by atoms with Gasteiger partial charge in [-0.25, -0.2) is 0 Å². The van der Waals surface area contributed by atoms with Crippen molar-refractivity contribution in [1.82, 2.24) is 0 Å². The monoisotopic (exact) mass is 261 g/mol. The van der Waals surface area contributed by atoms with Crippen molar-refractivity contribution in [2.45, 2.75) is 12.5 Å². The normalized spacial score (nSPS) is 24.1. The SMILES string of the molecule is NC1CC(=O)N(c2ccccc2N2CCOCC2)C1. The van der Waals surface area contributed by atoms with E-state index in [0.29, 0.717) is 13.0 Å². The molecule has 0 spiro atoms. The molecule has 0 aromatic heterocycles. The highest BCUT2D eigenvalue weighted by molar-refractivity contribution is 5.99. The largest absolute Gasteiger partial charge is 0.378 e. The smallest absolute Gasteiger partial charge is 0.228 e. The van der Waals surface area contributed by atoms with Crippen molar-refractivity contribution < 1.29 is 9.53 Å². The van der Waals surface area contributed by atoms with Crippen LogP contribution in [-0.2, 0) is 9.53 Å². The molecule has 2 heterocycles. The summed E-state index contributed by atoms with van der Waals surface area (Å²) in [6, 6.07) is 7.99. The van der Waals surface area contributed by atoms with Crippen LogP contribution >= 0.6 is 0 Å². The predicted molar refractivity (Wildman–Crippen MR) is 74.4 cm³/mol. The van der Waals surface area contributed by atoms with Gasteiger partial charge in [-0.3, -0.25) is 4.79 Å². The Hall–Kier alpha value is -1.59. The van der Waals surface area contributed by atoms with Crippen LogP contribution < -0.4 is 15.5 Å². The molecule has 2 saturated heterocycles. The minimum Gasteiger partial charge on any atom is -0.378 e. The first kappa shape index (κ1) is 12.4. The zero-order valence-electron chi connectivity index (χ0n) is 10.9. The molecule has 1 atom stereocenters. The second-order valence-corrected chi connectivity index (χ2v) is 5.06. The number of amides is 1. The van der Waals surface area contributed by atoms with Gasteiger partial charge in [0.1, 0.15) is 0 Å². The van der Waals surface area contributed by atoms with E-state index in [1.54, 1.807) is 0 Å². The van der Waals surface area contributed by atoms with Crippen LogP contribution in [0.15, 0.2) is 24.3 Å². The van der Waals surface area contributed by atoms with Gasteiger partial charge in [0.05, 0.1) is 24.6 Å². The summed E-state index contributed by atoms with van der Waals surface area (Å²) in [5, 5.41) is 0. The molecule has 2 N–H and O–H groups in total. The number of para-hydroxylation sites is 2. The number of hydrogen-bond donors (Lipinski definition) is 1. The van der Waals surface area contributed by atoms with Gasteiger partial charge in [0, 0.05) is 32.1 Å². The van der Waals surface area contributed by atoms with E-state index in [0.717, 1.165) is 37.7 Å². The third-order valence-electron chi connectivity index (χ3n) is 3.68. The summed E-state index contributed by atoms with van der Waals surface area (Å²) in [6.07, 6.45) is 0.442. The van der Waals surface area contributed by atoms with Crippen LogP contribution in [0, 0.1) is 0 Å². The Morgan fingerprint density at radius 3 is 2.47 bits per heavy atom. The summed E-state index contributed by atoms with van der Waals surface area (Å²) < 4.78 is 5.38. The Morgan fingerprint density at radius 2 is 1.84 bits per heavy atom. The van der Waals surface area contributed by atoms with Crippen molar-refractivity contribution in [2.75, 3.05) is 42.6 Å². The van der Waals surface area contributed by atoms with Gasteiger partial charge >= 0.3 is 0 Å². The molecule has 3 rings (SSSR count). The van der Waals surface area contributed by atoms with Crippen molar-refractivity contribution in [3.8, 4) is 0 Å². The van der Waals surface area contributed by atoms with E-state index < -0.39 is 0 Å². The number of carbonyl (C=O) groups is 1. The maximum Gasteiger partial charge on any atom is 0.228 e. The molecule has 0 radical (unpaired) electrons. The van der Waals surface area contributed by atoms with Crippen molar-refractivity contribution in [3.05, 3.63) is 24.3 Å². The highest BCUT2D eigenvalue weighted by atomic mass is 16.5. The number of anilines is 2. The molecule has 0 aliphatic carbocycles. The number of nitrogens with zero attached hydrogens (tertiary/aromatic N) is 2. The summed E-state index contributed by atoms with van der Waals surface area (Å²) in [6.45, 7) is 3.82. The minimum atomic E-state index is -0.0507. The van der Waals surface area contributed by atoms with Gasteiger partial charge in [-0.2, -0.15) is 0 Å². The van der Waals surface area contributed by atoms with Crippen LogP contribution in [0.3, 0.4) is 0 Å². The van der Waals surface area contributed by atoms with E-state index in [1.807, 2.05) is 23.1 Å². The Morgan fingerprint density at radius 1 is 1.16 bits per heavy atom. The number of morpholine rings is 1. The molecule has 2 fully saturated rings. The van der Waals surface area contributed by atoms with E-state index in [1.165, 1.54) is 0 Å². The highest BCUT2D eigenvalue weighted by Gasteiger charge is 2.30. The van der Waals surface area contributed by atoms with Crippen LogP contribution in [0.4, 0.5) is 11.4 Å². The molecule has 2 aliphatic rings. The van der Waals surface area contributed by atoms with Crippen LogP contribution in [0.1, 0.15) is 6.42 Å². The average Bonchev–Trinajstić information content (AvgIpc) is 2.79. The summed E-state index contributed by atoms with van der Waals surface area (Å²) >= 11 is 0. The number of benzene rings is 1. The zero-order valence-corrected chi connectivity index (χ0v) is 10.9.